The number of hydrogen-bond acceptors (Lipinski definition) is 4. The van der Waals surface area contributed by atoms with Crippen LogP contribution >= 0.6 is 0 Å². The van der Waals surface area contributed by atoms with Crippen LogP contribution in [0.1, 0.15) is 11.1 Å². The van der Waals surface area contributed by atoms with Gasteiger partial charge >= 0.3 is 0 Å². The van der Waals surface area contributed by atoms with Crippen molar-refractivity contribution in [1.29, 1.82) is 0 Å². The first-order valence-corrected chi connectivity index (χ1v) is 6.58. The molecule has 0 aliphatic carbocycles. The zero-order valence-corrected chi connectivity index (χ0v) is 11.5. The monoisotopic (exact) mass is 270 g/mol. The first kappa shape index (κ1) is 14.0. The summed E-state index contributed by atoms with van der Waals surface area (Å²) in [6.07, 6.45) is 3.76. The van der Waals surface area contributed by atoms with Crippen LogP contribution in [0.2, 0.25) is 0 Å². The number of rotatable bonds is 6. The van der Waals surface area contributed by atoms with Crippen molar-refractivity contribution in [2.24, 2.45) is 0 Å². The lowest BCUT2D eigenvalue weighted by molar-refractivity contribution is -0.120. The van der Waals surface area contributed by atoms with Gasteiger partial charge in [-0.25, -0.2) is 9.97 Å². The highest BCUT2D eigenvalue weighted by molar-refractivity contribution is 5.78. The van der Waals surface area contributed by atoms with Gasteiger partial charge in [0.05, 0.1) is 6.42 Å². The fraction of sp³-hybridized carbons (Fsp3) is 0.267. The van der Waals surface area contributed by atoms with E-state index in [2.05, 4.69) is 20.6 Å². The summed E-state index contributed by atoms with van der Waals surface area (Å²) < 4.78 is 0. The molecule has 0 aliphatic heterocycles. The maximum atomic E-state index is 11.8. The number of aryl methyl sites for hydroxylation is 1. The van der Waals surface area contributed by atoms with Gasteiger partial charge in [-0.1, -0.05) is 24.3 Å². The van der Waals surface area contributed by atoms with Gasteiger partial charge < -0.3 is 10.6 Å². The average molecular weight is 270 g/mol. The van der Waals surface area contributed by atoms with E-state index in [1.165, 1.54) is 0 Å². The van der Waals surface area contributed by atoms with Gasteiger partial charge in [0.25, 0.3) is 0 Å². The van der Waals surface area contributed by atoms with Crippen LogP contribution in [0, 0.1) is 6.92 Å². The Kier molecular flexibility index (Phi) is 5.06. The normalized spacial score (nSPS) is 10.1. The molecule has 5 heteroatoms. The van der Waals surface area contributed by atoms with Crippen molar-refractivity contribution in [2.45, 2.75) is 13.3 Å². The van der Waals surface area contributed by atoms with Crippen LogP contribution in [-0.2, 0) is 11.2 Å². The first-order valence-electron chi connectivity index (χ1n) is 6.58. The zero-order chi connectivity index (χ0) is 14.2. The lowest BCUT2D eigenvalue weighted by atomic mass is 10.1. The highest BCUT2D eigenvalue weighted by Gasteiger charge is 2.04. The summed E-state index contributed by atoms with van der Waals surface area (Å²) in [7, 11) is 0. The molecule has 0 saturated carbocycles. The molecule has 1 amide bonds. The van der Waals surface area contributed by atoms with E-state index in [-0.39, 0.29) is 5.91 Å². The van der Waals surface area contributed by atoms with Gasteiger partial charge in [-0.05, 0) is 24.1 Å². The summed E-state index contributed by atoms with van der Waals surface area (Å²) in [6, 6.07) is 9.67. The molecule has 20 heavy (non-hydrogen) atoms. The van der Waals surface area contributed by atoms with Crippen LogP contribution in [-0.4, -0.2) is 29.0 Å². The average Bonchev–Trinajstić information content (AvgIpc) is 2.47. The lowest BCUT2D eigenvalue weighted by Crippen LogP contribution is -2.30. The third-order valence-electron chi connectivity index (χ3n) is 2.91. The van der Waals surface area contributed by atoms with E-state index < -0.39 is 0 Å². The quantitative estimate of drug-likeness (QED) is 0.782. The van der Waals surface area contributed by atoms with Crippen LogP contribution in [0.5, 0.6) is 0 Å². The van der Waals surface area contributed by atoms with Crippen molar-refractivity contribution in [3.05, 3.63) is 53.9 Å². The topological polar surface area (TPSA) is 66.9 Å². The molecule has 2 rings (SSSR count). The number of amides is 1. The molecule has 0 saturated heterocycles. The van der Waals surface area contributed by atoms with Crippen molar-refractivity contribution in [3.8, 4) is 0 Å². The maximum absolute atomic E-state index is 11.8. The van der Waals surface area contributed by atoms with Crippen molar-refractivity contribution >= 4 is 11.9 Å². The second-order valence-electron chi connectivity index (χ2n) is 4.45. The molecule has 0 spiro atoms. The molecule has 0 aliphatic rings. The predicted octanol–water partition coefficient (Wildman–Crippen LogP) is 1.56. The summed E-state index contributed by atoms with van der Waals surface area (Å²) in [5.74, 6) is 0.593. The summed E-state index contributed by atoms with van der Waals surface area (Å²) >= 11 is 0. The molecule has 0 radical (unpaired) electrons. The summed E-state index contributed by atoms with van der Waals surface area (Å²) in [4.78, 5) is 19.9. The van der Waals surface area contributed by atoms with E-state index in [9.17, 15) is 4.79 Å². The molecule has 1 aromatic carbocycles. The Labute approximate surface area is 118 Å². The Morgan fingerprint density at radius 2 is 1.85 bits per heavy atom. The number of hydrogen-bond donors (Lipinski definition) is 2. The third kappa shape index (κ3) is 4.35. The van der Waals surface area contributed by atoms with Crippen LogP contribution in [0.3, 0.4) is 0 Å². The zero-order valence-electron chi connectivity index (χ0n) is 11.5. The van der Waals surface area contributed by atoms with Gasteiger partial charge in [-0.2, -0.15) is 0 Å². The molecular formula is C15H18N4O. The van der Waals surface area contributed by atoms with E-state index in [0.717, 1.165) is 11.1 Å². The fourth-order valence-corrected chi connectivity index (χ4v) is 1.81. The molecular weight excluding hydrogens is 252 g/mol. The Hall–Kier alpha value is -2.43. The minimum Gasteiger partial charge on any atom is -0.354 e. The second-order valence-corrected chi connectivity index (χ2v) is 4.45. The van der Waals surface area contributed by atoms with Crippen molar-refractivity contribution in [3.63, 3.8) is 0 Å². The van der Waals surface area contributed by atoms with Crippen LogP contribution in [0.15, 0.2) is 42.7 Å². The minimum absolute atomic E-state index is 0.0232. The number of benzene rings is 1. The molecule has 2 aromatic rings. The molecule has 2 N–H and O–H groups in total. The Morgan fingerprint density at radius 3 is 2.60 bits per heavy atom. The largest absolute Gasteiger partial charge is 0.354 e. The molecule has 104 valence electrons. The van der Waals surface area contributed by atoms with Crippen LogP contribution < -0.4 is 10.6 Å². The predicted molar refractivity (Wildman–Crippen MR) is 78.4 cm³/mol. The van der Waals surface area contributed by atoms with E-state index >= 15 is 0 Å². The van der Waals surface area contributed by atoms with Gasteiger partial charge in [-0.15, -0.1) is 0 Å². The maximum Gasteiger partial charge on any atom is 0.224 e. The molecule has 0 unspecified atom stereocenters. The Morgan fingerprint density at radius 1 is 1.10 bits per heavy atom. The number of nitrogens with one attached hydrogen (secondary N) is 2. The Balaban J connectivity index is 1.69. The SMILES string of the molecule is Cc1ccccc1CC(=O)NCCNc1ncccn1. The summed E-state index contributed by atoms with van der Waals surface area (Å²) in [6.45, 7) is 3.16. The number of carbonyl (C=O) groups excluding carboxylic acids is 1. The Bertz CT molecular complexity index is 557. The lowest BCUT2D eigenvalue weighted by Gasteiger charge is -2.08. The van der Waals surface area contributed by atoms with Crippen molar-refractivity contribution < 1.29 is 4.79 Å². The van der Waals surface area contributed by atoms with Crippen molar-refractivity contribution in [2.75, 3.05) is 18.4 Å². The number of carbonyl (C=O) groups is 1. The number of anilines is 1. The van der Waals surface area contributed by atoms with Gasteiger partial charge in [0.15, 0.2) is 0 Å². The molecule has 0 atom stereocenters. The van der Waals surface area contributed by atoms with E-state index in [4.69, 9.17) is 0 Å². The van der Waals surface area contributed by atoms with Gasteiger partial charge in [0.2, 0.25) is 11.9 Å². The summed E-state index contributed by atoms with van der Waals surface area (Å²) in [5, 5.41) is 5.91. The van der Waals surface area contributed by atoms with Crippen LogP contribution in [0.25, 0.3) is 0 Å². The van der Waals surface area contributed by atoms with Gasteiger partial charge in [0, 0.05) is 25.5 Å². The molecule has 0 fully saturated rings. The highest BCUT2D eigenvalue weighted by atomic mass is 16.1. The molecule has 5 nitrogen and oxygen atoms in total. The first-order chi connectivity index (χ1) is 9.75. The molecule has 1 heterocycles. The summed E-state index contributed by atoms with van der Waals surface area (Å²) in [5.41, 5.74) is 2.20. The minimum atomic E-state index is 0.0232. The third-order valence-corrected chi connectivity index (χ3v) is 2.91. The van der Waals surface area contributed by atoms with E-state index in [0.29, 0.717) is 25.5 Å². The second kappa shape index (κ2) is 7.23. The van der Waals surface area contributed by atoms with Gasteiger partial charge in [-0.3, -0.25) is 4.79 Å². The highest BCUT2D eigenvalue weighted by Crippen LogP contribution is 2.07. The smallest absolute Gasteiger partial charge is 0.224 e. The van der Waals surface area contributed by atoms with Crippen LogP contribution in [0.4, 0.5) is 5.95 Å². The number of aromatic nitrogens is 2. The molecule has 1 aromatic heterocycles. The molecule has 0 bridgehead atoms. The standard InChI is InChI=1S/C15H18N4O/c1-12-5-2-3-6-13(12)11-14(20)16-9-10-19-15-17-7-4-8-18-15/h2-8H,9-11H2,1H3,(H,16,20)(H,17,18,19). The van der Waals surface area contributed by atoms with E-state index in [1.54, 1.807) is 18.5 Å². The number of nitrogens with zero attached hydrogens (tertiary/aromatic N) is 2. The van der Waals surface area contributed by atoms with Gasteiger partial charge in [0.1, 0.15) is 0 Å². The van der Waals surface area contributed by atoms with Crippen molar-refractivity contribution in [1.82, 2.24) is 15.3 Å². The fourth-order valence-electron chi connectivity index (χ4n) is 1.81. The van der Waals surface area contributed by atoms with E-state index in [1.807, 2.05) is 31.2 Å².